The van der Waals surface area contributed by atoms with Gasteiger partial charge in [0.25, 0.3) is 7.82 Å². The monoisotopic (exact) mass is 707 g/mol. The quantitative estimate of drug-likeness (QED) is 0.0296. The molecule has 0 aliphatic heterocycles. The lowest BCUT2D eigenvalue weighted by Crippen LogP contribution is -2.37. The molecule has 0 fully saturated rings. The van der Waals surface area contributed by atoms with Crippen LogP contribution in [0.25, 0.3) is 0 Å². The summed E-state index contributed by atoms with van der Waals surface area (Å²) in [6.45, 7) is 1.86. The number of quaternary nitrogens is 1. The first-order valence-electron chi connectivity index (χ1n) is 18.8. The SMILES string of the molecule is CCCCCCCCCCCCCCCC(=O)OCC(COP(=O)([O-])OCC[N+](C)(C)C)OC(=O)CCCCCCCCCCC(=O)O. The summed E-state index contributed by atoms with van der Waals surface area (Å²) < 4.78 is 33.6. The molecule has 0 aliphatic carbocycles. The summed E-state index contributed by atoms with van der Waals surface area (Å²) in [6.07, 6.45) is 22.4. The molecule has 11 nitrogen and oxygen atoms in total. The van der Waals surface area contributed by atoms with Crippen LogP contribution in [0.2, 0.25) is 0 Å². The fourth-order valence-electron chi connectivity index (χ4n) is 5.15. The van der Waals surface area contributed by atoms with Gasteiger partial charge < -0.3 is 33.0 Å². The van der Waals surface area contributed by atoms with Gasteiger partial charge in [0.2, 0.25) is 0 Å². The van der Waals surface area contributed by atoms with Crippen molar-refractivity contribution >= 4 is 25.7 Å². The summed E-state index contributed by atoms with van der Waals surface area (Å²) in [5.74, 6) is -1.67. The van der Waals surface area contributed by atoms with Gasteiger partial charge in [-0.25, -0.2) is 0 Å². The normalized spacial score (nSPS) is 13.6. The minimum absolute atomic E-state index is 0.0504. The van der Waals surface area contributed by atoms with E-state index in [-0.39, 0.29) is 32.5 Å². The number of esters is 2. The summed E-state index contributed by atoms with van der Waals surface area (Å²) in [7, 11) is 1.09. The molecule has 0 saturated heterocycles. The highest BCUT2D eigenvalue weighted by atomic mass is 31.2. The van der Waals surface area contributed by atoms with Crippen molar-refractivity contribution in [2.45, 2.75) is 167 Å². The van der Waals surface area contributed by atoms with Crippen molar-refractivity contribution in [1.82, 2.24) is 0 Å². The Balaban J connectivity index is 4.41. The summed E-state index contributed by atoms with van der Waals surface area (Å²) in [4.78, 5) is 47.8. The fraction of sp³-hybridized carbons (Fsp3) is 0.917. The predicted molar refractivity (Wildman–Crippen MR) is 187 cm³/mol. The van der Waals surface area contributed by atoms with Crippen molar-refractivity contribution in [3.05, 3.63) is 0 Å². The van der Waals surface area contributed by atoms with E-state index in [0.29, 0.717) is 23.9 Å². The maximum absolute atomic E-state index is 12.5. The Labute approximate surface area is 292 Å². The summed E-state index contributed by atoms with van der Waals surface area (Å²) in [5.41, 5.74) is 0. The Kier molecular flexibility index (Phi) is 29.4. The zero-order chi connectivity index (χ0) is 35.9. The van der Waals surface area contributed by atoms with Crippen LogP contribution in [0.15, 0.2) is 0 Å². The molecule has 0 aromatic heterocycles. The van der Waals surface area contributed by atoms with Crippen molar-refractivity contribution < 1.29 is 52.0 Å². The highest BCUT2D eigenvalue weighted by Gasteiger charge is 2.21. The van der Waals surface area contributed by atoms with Crippen molar-refractivity contribution in [2.24, 2.45) is 0 Å². The second kappa shape index (κ2) is 30.3. The number of phosphoric ester groups is 1. The highest BCUT2D eigenvalue weighted by Crippen LogP contribution is 2.38. The molecule has 284 valence electrons. The molecule has 0 spiro atoms. The zero-order valence-corrected chi connectivity index (χ0v) is 31.8. The molecule has 0 radical (unpaired) electrons. The number of aliphatic carboxylic acids is 1. The maximum Gasteiger partial charge on any atom is 0.306 e. The first-order chi connectivity index (χ1) is 22.8. The largest absolute Gasteiger partial charge is 0.756 e. The molecule has 48 heavy (non-hydrogen) atoms. The van der Waals surface area contributed by atoms with E-state index in [2.05, 4.69) is 6.92 Å². The number of phosphoric acid groups is 1. The van der Waals surface area contributed by atoms with E-state index in [1.54, 1.807) is 0 Å². The Hall–Kier alpha value is -1.52. The molecule has 1 N–H and O–H groups in total. The minimum Gasteiger partial charge on any atom is -0.756 e. The van der Waals surface area contributed by atoms with Gasteiger partial charge in [0, 0.05) is 19.3 Å². The molecule has 0 aromatic rings. The number of carboxylic acids is 1. The van der Waals surface area contributed by atoms with Crippen LogP contribution in [0.3, 0.4) is 0 Å². The first kappa shape index (κ1) is 46.5. The van der Waals surface area contributed by atoms with Crippen molar-refractivity contribution in [3.8, 4) is 0 Å². The third kappa shape index (κ3) is 34.3. The average molecular weight is 708 g/mol. The van der Waals surface area contributed by atoms with Crippen LogP contribution in [0.1, 0.15) is 161 Å². The molecule has 2 unspecified atom stereocenters. The molecule has 12 heteroatoms. The lowest BCUT2D eigenvalue weighted by molar-refractivity contribution is -0.870. The van der Waals surface area contributed by atoms with Gasteiger partial charge in [0.1, 0.15) is 19.8 Å². The van der Waals surface area contributed by atoms with Crippen LogP contribution in [0.5, 0.6) is 0 Å². The van der Waals surface area contributed by atoms with Crippen LogP contribution in [0, 0.1) is 0 Å². The fourth-order valence-corrected chi connectivity index (χ4v) is 5.88. The molecular formula is C36H70NO10P. The van der Waals surface area contributed by atoms with Crippen molar-refractivity contribution in [1.29, 1.82) is 0 Å². The molecule has 0 aromatic carbocycles. The predicted octanol–water partition coefficient (Wildman–Crippen LogP) is 8.12. The number of hydrogen-bond donors (Lipinski definition) is 1. The number of carbonyl (C=O) groups is 3. The van der Waals surface area contributed by atoms with Gasteiger partial charge >= 0.3 is 17.9 Å². The van der Waals surface area contributed by atoms with Gasteiger partial charge in [0.05, 0.1) is 27.7 Å². The average Bonchev–Trinajstić information content (AvgIpc) is 3.00. The maximum atomic E-state index is 12.5. The van der Waals surface area contributed by atoms with Crippen LogP contribution >= 0.6 is 7.82 Å². The van der Waals surface area contributed by atoms with Gasteiger partial charge in [-0.15, -0.1) is 0 Å². The molecule has 0 aliphatic rings. The van der Waals surface area contributed by atoms with Crippen molar-refractivity contribution in [3.63, 3.8) is 0 Å². The summed E-state index contributed by atoms with van der Waals surface area (Å²) in [6, 6.07) is 0. The molecule has 0 bridgehead atoms. The summed E-state index contributed by atoms with van der Waals surface area (Å²) >= 11 is 0. The van der Waals surface area contributed by atoms with E-state index in [1.165, 1.54) is 64.2 Å². The number of rotatable bonds is 35. The molecule has 0 rings (SSSR count). The van der Waals surface area contributed by atoms with E-state index in [9.17, 15) is 23.8 Å². The van der Waals surface area contributed by atoms with Crippen molar-refractivity contribution in [2.75, 3.05) is 47.5 Å². The number of likely N-dealkylation sites (N-methyl/N-ethyl adjacent to an activating group) is 1. The van der Waals surface area contributed by atoms with Crippen LogP contribution in [0.4, 0.5) is 0 Å². The van der Waals surface area contributed by atoms with Gasteiger partial charge in [-0.3, -0.25) is 18.9 Å². The zero-order valence-electron chi connectivity index (χ0n) is 30.9. The summed E-state index contributed by atoms with van der Waals surface area (Å²) in [5, 5.41) is 8.69. The molecule has 0 amide bonds. The second-order valence-electron chi connectivity index (χ2n) is 14.1. The van der Waals surface area contributed by atoms with Gasteiger partial charge in [-0.1, -0.05) is 122 Å². The van der Waals surface area contributed by atoms with Crippen LogP contribution in [-0.2, 0) is 37.5 Å². The smallest absolute Gasteiger partial charge is 0.306 e. The van der Waals surface area contributed by atoms with Gasteiger partial charge in [-0.05, 0) is 19.3 Å². The number of nitrogens with zero attached hydrogens (tertiary/aromatic N) is 1. The lowest BCUT2D eigenvalue weighted by atomic mass is 10.0. The topological polar surface area (TPSA) is 148 Å². The molecular weight excluding hydrogens is 637 g/mol. The van der Waals surface area contributed by atoms with Gasteiger partial charge in [-0.2, -0.15) is 0 Å². The molecule has 0 saturated carbocycles. The third-order valence-corrected chi connectivity index (χ3v) is 9.13. The van der Waals surface area contributed by atoms with E-state index in [1.807, 2.05) is 21.1 Å². The van der Waals surface area contributed by atoms with E-state index in [4.69, 9.17) is 23.6 Å². The molecule has 0 heterocycles. The number of carbonyl (C=O) groups excluding carboxylic acids is 2. The van der Waals surface area contributed by atoms with Gasteiger partial charge in [0.15, 0.2) is 6.10 Å². The Bertz CT molecular complexity index is 864. The number of unbranched alkanes of at least 4 members (excludes halogenated alkanes) is 19. The standard InChI is InChI=1S/C36H70NO10P/c1-5-6-7-8-9-10-11-12-13-14-18-21-24-27-35(40)44-31-33(32-46-48(42,43)45-30-29-37(2,3)4)47-36(41)28-25-22-19-16-15-17-20-23-26-34(38)39/h33H,5-32H2,1-4H3,(H-,38,39,42,43). The highest BCUT2D eigenvalue weighted by molar-refractivity contribution is 7.45. The Morgan fingerprint density at radius 3 is 1.48 bits per heavy atom. The minimum atomic E-state index is -4.64. The van der Waals surface area contributed by atoms with E-state index >= 15 is 0 Å². The van der Waals surface area contributed by atoms with E-state index in [0.717, 1.165) is 57.8 Å². The van der Waals surface area contributed by atoms with Crippen LogP contribution < -0.4 is 4.89 Å². The van der Waals surface area contributed by atoms with Crippen LogP contribution in [-0.4, -0.2) is 81.1 Å². The number of hydrogen-bond acceptors (Lipinski definition) is 9. The van der Waals surface area contributed by atoms with E-state index < -0.39 is 38.4 Å². The second-order valence-corrected chi connectivity index (χ2v) is 15.5. The number of carboxylic acid groups (broad SMARTS) is 1. The third-order valence-electron chi connectivity index (χ3n) is 8.16. The Morgan fingerprint density at radius 2 is 1.04 bits per heavy atom. The molecule has 2 atom stereocenters. The number of ether oxygens (including phenoxy) is 2. The lowest BCUT2D eigenvalue weighted by Gasteiger charge is -2.28. The Morgan fingerprint density at radius 1 is 0.625 bits per heavy atom. The first-order valence-corrected chi connectivity index (χ1v) is 20.3.